The SMILES string of the molecule is CCCCCCCCCCCCOC(=O)[C@@H](N)Cc1ccccc1.Cc1ccc(S(=O)(=O)O)cc1.N. The topological polar surface area (TPSA) is 142 Å². The fraction of sp³-hybridized carbons (Fsp3) is 0.536. The lowest BCUT2D eigenvalue weighted by Gasteiger charge is -2.11. The van der Waals surface area contributed by atoms with Gasteiger partial charge in [0, 0.05) is 0 Å². The van der Waals surface area contributed by atoms with E-state index in [0.29, 0.717) is 13.0 Å². The molecule has 0 bridgehead atoms. The predicted molar refractivity (Wildman–Crippen MR) is 147 cm³/mol. The summed E-state index contributed by atoms with van der Waals surface area (Å²) in [6.45, 7) is 4.59. The number of carbonyl (C=O) groups is 1. The lowest BCUT2D eigenvalue weighted by atomic mass is 10.1. The number of hydrogen-bond acceptors (Lipinski definition) is 6. The molecule has 0 spiro atoms. The first kappa shape index (κ1) is 33.7. The number of unbranched alkanes of at least 4 members (excludes halogenated alkanes) is 9. The molecule has 7 nitrogen and oxygen atoms in total. The summed E-state index contributed by atoms with van der Waals surface area (Å²) in [5, 5.41) is 0. The van der Waals surface area contributed by atoms with E-state index in [1.54, 1.807) is 12.1 Å². The first-order valence-electron chi connectivity index (χ1n) is 12.7. The van der Waals surface area contributed by atoms with Crippen LogP contribution in [-0.2, 0) is 26.1 Å². The van der Waals surface area contributed by atoms with Crippen molar-refractivity contribution < 1.29 is 22.5 Å². The molecule has 0 saturated carbocycles. The van der Waals surface area contributed by atoms with Crippen molar-refractivity contribution in [1.82, 2.24) is 6.15 Å². The van der Waals surface area contributed by atoms with Gasteiger partial charge >= 0.3 is 5.97 Å². The normalized spacial score (nSPS) is 11.6. The zero-order valence-electron chi connectivity index (χ0n) is 22.0. The standard InChI is InChI=1S/C21H35NO2.C7H8O3S.H3N/c1-2-3-4-5-6-7-8-9-10-14-17-24-21(23)20(22)18-19-15-12-11-13-16-19;1-6-2-4-7(5-3-6)11(8,9)10;/h11-13,15-16,20H,2-10,14,17-18,22H2,1H3;2-5H,1H3,(H,8,9,10);1H3/t20-;;/m0../s1. The lowest BCUT2D eigenvalue weighted by Crippen LogP contribution is -2.34. The molecule has 2 rings (SSSR count). The molecule has 1 atom stereocenters. The maximum absolute atomic E-state index is 11.9. The fourth-order valence-corrected chi connectivity index (χ4v) is 4.01. The monoisotopic (exact) mass is 522 g/mol. The Labute approximate surface area is 218 Å². The van der Waals surface area contributed by atoms with Crippen LogP contribution in [0, 0.1) is 6.92 Å². The molecule has 36 heavy (non-hydrogen) atoms. The molecule has 0 amide bonds. The summed E-state index contributed by atoms with van der Waals surface area (Å²) < 4.78 is 34.8. The van der Waals surface area contributed by atoms with Crippen LogP contribution in [0.2, 0.25) is 0 Å². The first-order valence-corrected chi connectivity index (χ1v) is 14.2. The Morgan fingerprint density at radius 3 is 1.86 bits per heavy atom. The molecule has 6 N–H and O–H groups in total. The van der Waals surface area contributed by atoms with Crippen molar-refractivity contribution in [1.29, 1.82) is 0 Å². The van der Waals surface area contributed by atoms with Gasteiger partial charge in [0.25, 0.3) is 10.1 Å². The second kappa shape index (κ2) is 19.9. The second-order valence-corrected chi connectivity index (χ2v) is 10.4. The molecule has 0 saturated heterocycles. The highest BCUT2D eigenvalue weighted by Crippen LogP contribution is 2.11. The number of rotatable bonds is 15. The van der Waals surface area contributed by atoms with E-state index in [-0.39, 0.29) is 17.0 Å². The van der Waals surface area contributed by atoms with Crippen LogP contribution in [0.1, 0.15) is 82.3 Å². The largest absolute Gasteiger partial charge is 0.465 e. The average Bonchev–Trinajstić information content (AvgIpc) is 2.83. The zero-order valence-corrected chi connectivity index (χ0v) is 22.8. The summed E-state index contributed by atoms with van der Waals surface area (Å²) >= 11 is 0. The summed E-state index contributed by atoms with van der Waals surface area (Å²) in [6, 6.07) is 15.3. The minimum atomic E-state index is -4.02. The Balaban J connectivity index is 0.000000854. The van der Waals surface area contributed by atoms with E-state index in [1.165, 1.54) is 63.5 Å². The van der Waals surface area contributed by atoms with Gasteiger partial charge in [0.15, 0.2) is 0 Å². The molecule has 8 heteroatoms. The number of aryl methyl sites for hydroxylation is 1. The Bertz CT molecular complexity index is 919. The van der Waals surface area contributed by atoms with E-state index >= 15 is 0 Å². The number of benzene rings is 2. The molecule has 204 valence electrons. The van der Waals surface area contributed by atoms with E-state index in [4.69, 9.17) is 15.0 Å². The summed E-state index contributed by atoms with van der Waals surface area (Å²) in [6.07, 6.45) is 13.3. The second-order valence-electron chi connectivity index (χ2n) is 8.93. The van der Waals surface area contributed by atoms with Crippen LogP contribution in [-0.4, -0.2) is 31.6 Å². The van der Waals surface area contributed by atoms with Gasteiger partial charge in [-0.1, -0.05) is 113 Å². The third-order valence-corrected chi connectivity index (χ3v) is 6.53. The van der Waals surface area contributed by atoms with Crippen molar-refractivity contribution in [3.8, 4) is 0 Å². The number of ether oxygens (including phenoxy) is 1. The van der Waals surface area contributed by atoms with E-state index in [1.807, 2.05) is 37.3 Å². The molecule has 0 heterocycles. The fourth-order valence-electron chi connectivity index (χ4n) is 3.53. The van der Waals surface area contributed by atoms with Crippen molar-refractivity contribution in [3.63, 3.8) is 0 Å². The minimum Gasteiger partial charge on any atom is -0.465 e. The van der Waals surface area contributed by atoms with Crippen LogP contribution >= 0.6 is 0 Å². The van der Waals surface area contributed by atoms with E-state index < -0.39 is 16.2 Å². The maximum Gasteiger partial charge on any atom is 0.323 e. The van der Waals surface area contributed by atoms with Gasteiger partial charge in [-0.25, -0.2) is 0 Å². The Kier molecular flexibility index (Phi) is 18.6. The van der Waals surface area contributed by atoms with Crippen LogP contribution in [0.15, 0.2) is 59.5 Å². The maximum atomic E-state index is 11.9. The van der Waals surface area contributed by atoms with Crippen molar-refractivity contribution >= 4 is 16.1 Å². The van der Waals surface area contributed by atoms with Crippen LogP contribution in [0.5, 0.6) is 0 Å². The van der Waals surface area contributed by atoms with E-state index in [9.17, 15) is 13.2 Å². The van der Waals surface area contributed by atoms with Crippen molar-refractivity contribution in [2.75, 3.05) is 6.61 Å². The highest BCUT2D eigenvalue weighted by atomic mass is 32.2. The van der Waals surface area contributed by atoms with Crippen LogP contribution in [0.3, 0.4) is 0 Å². The Hall–Kier alpha value is -2.26. The molecule has 0 fully saturated rings. The molecule has 2 aromatic carbocycles. The summed E-state index contributed by atoms with van der Waals surface area (Å²) in [5.74, 6) is -0.283. The first-order chi connectivity index (χ1) is 16.7. The zero-order chi connectivity index (χ0) is 25.9. The molecular weight excluding hydrogens is 476 g/mol. The Morgan fingerprint density at radius 1 is 0.861 bits per heavy atom. The molecule has 0 aromatic heterocycles. The third kappa shape index (κ3) is 16.4. The highest BCUT2D eigenvalue weighted by molar-refractivity contribution is 7.85. The van der Waals surface area contributed by atoms with Gasteiger partial charge in [0.05, 0.1) is 11.5 Å². The van der Waals surface area contributed by atoms with Crippen molar-refractivity contribution in [2.45, 2.75) is 95.4 Å². The number of esters is 1. The number of carbonyl (C=O) groups excluding carboxylic acids is 1. The molecule has 0 aliphatic rings. The minimum absolute atomic E-state index is 0. The molecule has 0 aliphatic carbocycles. The van der Waals surface area contributed by atoms with Crippen LogP contribution in [0.25, 0.3) is 0 Å². The highest BCUT2D eigenvalue weighted by Gasteiger charge is 2.15. The van der Waals surface area contributed by atoms with Crippen LogP contribution in [0.4, 0.5) is 0 Å². The van der Waals surface area contributed by atoms with Gasteiger partial charge < -0.3 is 16.6 Å². The van der Waals surface area contributed by atoms with Gasteiger partial charge in [0.1, 0.15) is 6.04 Å². The molecular formula is C28H46N2O5S. The molecule has 2 aromatic rings. The molecule has 0 unspecified atom stereocenters. The molecule has 0 radical (unpaired) electrons. The smallest absolute Gasteiger partial charge is 0.323 e. The number of nitrogens with two attached hydrogens (primary N) is 1. The molecule has 0 aliphatic heterocycles. The summed E-state index contributed by atoms with van der Waals surface area (Å²) in [4.78, 5) is 11.8. The van der Waals surface area contributed by atoms with Gasteiger partial charge in [-0.05, 0) is 37.5 Å². The van der Waals surface area contributed by atoms with Gasteiger partial charge in [0.2, 0.25) is 0 Å². The summed E-state index contributed by atoms with van der Waals surface area (Å²) in [7, 11) is -4.02. The van der Waals surface area contributed by atoms with Gasteiger partial charge in [-0.2, -0.15) is 8.42 Å². The van der Waals surface area contributed by atoms with E-state index in [2.05, 4.69) is 6.92 Å². The quantitative estimate of drug-likeness (QED) is 0.139. The van der Waals surface area contributed by atoms with Crippen LogP contribution < -0.4 is 11.9 Å². The predicted octanol–water partition coefficient (Wildman–Crippen LogP) is 6.42. The third-order valence-electron chi connectivity index (χ3n) is 5.66. The van der Waals surface area contributed by atoms with Crippen molar-refractivity contribution in [2.24, 2.45) is 5.73 Å². The van der Waals surface area contributed by atoms with Gasteiger partial charge in [-0.3, -0.25) is 9.35 Å². The Morgan fingerprint density at radius 2 is 1.36 bits per heavy atom. The van der Waals surface area contributed by atoms with Gasteiger partial charge in [-0.15, -0.1) is 0 Å². The van der Waals surface area contributed by atoms with Crippen molar-refractivity contribution in [3.05, 3.63) is 65.7 Å². The average molecular weight is 523 g/mol. The van der Waals surface area contributed by atoms with E-state index in [0.717, 1.165) is 24.0 Å². The number of hydrogen-bond donors (Lipinski definition) is 3. The summed E-state index contributed by atoms with van der Waals surface area (Å²) in [5.41, 5.74) is 7.93. The lowest BCUT2D eigenvalue weighted by molar-refractivity contribution is -0.145.